The molecule has 0 aliphatic carbocycles. The average molecular weight is 315 g/mol. The third-order valence-electron chi connectivity index (χ3n) is 3.32. The molecule has 18 heavy (non-hydrogen) atoms. The topological polar surface area (TPSA) is 46.3 Å². The summed E-state index contributed by atoms with van der Waals surface area (Å²) in [6.45, 7) is 1.20. The van der Waals surface area contributed by atoms with E-state index < -0.39 is 0 Å². The molecular weight excluding hydrogens is 299 g/mol. The molecule has 0 unspecified atom stereocenters. The highest BCUT2D eigenvalue weighted by atomic mass is 79.9. The molecule has 2 N–H and O–H groups in total. The van der Waals surface area contributed by atoms with E-state index in [4.69, 9.17) is 5.73 Å². The number of hydrogen-bond donors (Lipinski definition) is 1. The third kappa shape index (κ3) is 2.72. The van der Waals surface area contributed by atoms with E-state index in [0.29, 0.717) is 16.6 Å². The molecule has 1 aliphatic rings. The Morgan fingerprint density at radius 2 is 2.28 bits per heavy atom. The van der Waals surface area contributed by atoms with Crippen molar-refractivity contribution in [3.8, 4) is 0 Å². The highest BCUT2D eigenvalue weighted by molar-refractivity contribution is 9.10. The Morgan fingerprint density at radius 3 is 2.94 bits per heavy atom. The number of piperidine rings is 1. The standard InChI is InChI=1S/C13H16BrFN2O/c14-12-7-9(15)4-5-11(12)13(18)17-6-2-1-3-10(17)8-16/h4-5,7,10H,1-3,6,8,16H2/t10-/m1/s1. The van der Waals surface area contributed by atoms with Gasteiger partial charge in [0.05, 0.1) is 5.56 Å². The Balaban J connectivity index is 2.24. The highest BCUT2D eigenvalue weighted by Gasteiger charge is 2.27. The van der Waals surface area contributed by atoms with Crippen LogP contribution in [0.3, 0.4) is 0 Å². The lowest BCUT2D eigenvalue weighted by atomic mass is 10.0. The molecule has 0 saturated carbocycles. The third-order valence-corrected chi connectivity index (χ3v) is 3.98. The van der Waals surface area contributed by atoms with Crippen LogP contribution in [0.25, 0.3) is 0 Å². The summed E-state index contributed by atoms with van der Waals surface area (Å²) in [6.07, 6.45) is 3.05. The van der Waals surface area contributed by atoms with Gasteiger partial charge in [-0.3, -0.25) is 4.79 Å². The molecule has 3 nitrogen and oxygen atoms in total. The second-order valence-electron chi connectivity index (χ2n) is 4.51. The van der Waals surface area contributed by atoms with Gasteiger partial charge >= 0.3 is 0 Å². The monoisotopic (exact) mass is 314 g/mol. The number of nitrogens with two attached hydrogens (primary N) is 1. The predicted octanol–water partition coefficient (Wildman–Crippen LogP) is 2.54. The van der Waals surface area contributed by atoms with Gasteiger partial charge in [-0.15, -0.1) is 0 Å². The molecule has 1 fully saturated rings. The van der Waals surface area contributed by atoms with Crippen LogP contribution < -0.4 is 5.73 Å². The molecule has 0 aromatic heterocycles. The van der Waals surface area contributed by atoms with Crippen molar-refractivity contribution in [3.05, 3.63) is 34.1 Å². The van der Waals surface area contributed by atoms with Crippen molar-refractivity contribution < 1.29 is 9.18 Å². The lowest BCUT2D eigenvalue weighted by Crippen LogP contribution is -2.47. The molecule has 1 aromatic rings. The summed E-state index contributed by atoms with van der Waals surface area (Å²) in [5, 5.41) is 0. The van der Waals surface area contributed by atoms with Crippen LogP contribution >= 0.6 is 15.9 Å². The maximum Gasteiger partial charge on any atom is 0.255 e. The fraction of sp³-hybridized carbons (Fsp3) is 0.462. The molecule has 1 aromatic carbocycles. The summed E-state index contributed by atoms with van der Waals surface area (Å²) in [6, 6.07) is 4.24. The molecule has 98 valence electrons. The first kappa shape index (κ1) is 13.5. The van der Waals surface area contributed by atoms with Gasteiger partial charge in [0, 0.05) is 23.6 Å². The molecule has 2 rings (SSSR count). The number of carbonyl (C=O) groups is 1. The Bertz CT molecular complexity index is 453. The molecule has 1 saturated heterocycles. The van der Waals surface area contributed by atoms with Crippen molar-refractivity contribution in [1.29, 1.82) is 0 Å². The molecule has 1 heterocycles. The number of carbonyl (C=O) groups excluding carboxylic acids is 1. The van der Waals surface area contributed by atoms with Crippen molar-refractivity contribution in [1.82, 2.24) is 4.90 Å². The first-order valence-corrected chi connectivity index (χ1v) is 6.89. The van der Waals surface area contributed by atoms with Crippen LogP contribution in [0.5, 0.6) is 0 Å². The number of amides is 1. The maximum absolute atomic E-state index is 13.0. The van der Waals surface area contributed by atoms with Crippen molar-refractivity contribution in [2.24, 2.45) is 5.73 Å². The molecule has 0 radical (unpaired) electrons. The lowest BCUT2D eigenvalue weighted by molar-refractivity contribution is 0.0622. The number of halogens is 2. The first-order valence-electron chi connectivity index (χ1n) is 6.09. The zero-order valence-corrected chi connectivity index (χ0v) is 11.6. The Hall–Kier alpha value is -0.940. The SMILES string of the molecule is NC[C@H]1CCCCN1C(=O)c1ccc(F)cc1Br. The van der Waals surface area contributed by atoms with Gasteiger partial charge in [0.1, 0.15) is 5.82 Å². The Labute approximate surface area is 114 Å². The second-order valence-corrected chi connectivity index (χ2v) is 5.36. The van der Waals surface area contributed by atoms with Crippen molar-refractivity contribution in [2.45, 2.75) is 25.3 Å². The number of hydrogen-bond acceptors (Lipinski definition) is 2. The summed E-state index contributed by atoms with van der Waals surface area (Å²) in [5.41, 5.74) is 6.20. The number of benzene rings is 1. The molecule has 1 atom stereocenters. The molecule has 1 amide bonds. The van der Waals surface area contributed by atoms with Crippen LogP contribution in [-0.2, 0) is 0 Å². The first-order chi connectivity index (χ1) is 8.63. The Morgan fingerprint density at radius 1 is 1.50 bits per heavy atom. The van der Waals surface area contributed by atoms with E-state index in [2.05, 4.69) is 15.9 Å². The number of nitrogens with zero attached hydrogens (tertiary/aromatic N) is 1. The summed E-state index contributed by atoms with van der Waals surface area (Å²) >= 11 is 3.24. The van der Waals surface area contributed by atoms with Crippen LogP contribution in [0, 0.1) is 5.82 Å². The van der Waals surface area contributed by atoms with Crippen LogP contribution in [0.2, 0.25) is 0 Å². The number of likely N-dealkylation sites (tertiary alicyclic amines) is 1. The van der Waals surface area contributed by atoms with Gasteiger partial charge in [-0.25, -0.2) is 4.39 Å². The minimum atomic E-state index is -0.354. The van der Waals surface area contributed by atoms with Gasteiger partial charge in [0.2, 0.25) is 0 Å². The fourth-order valence-electron chi connectivity index (χ4n) is 2.33. The molecule has 5 heteroatoms. The van der Waals surface area contributed by atoms with Crippen LogP contribution in [-0.4, -0.2) is 29.9 Å². The molecular formula is C13H16BrFN2O. The van der Waals surface area contributed by atoms with Gasteiger partial charge in [0.15, 0.2) is 0 Å². The van der Waals surface area contributed by atoms with E-state index >= 15 is 0 Å². The van der Waals surface area contributed by atoms with E-state index in [1.165, 1.54) is 18.2 Å². The molecule has 1 aliphatic heterocycles. The fourth-order valence-corrected chi connectivity index (χ4v) is 2.85. The van der Waals surface area contributed by atoms with Crippen LogP contribution in [0.4, 0.5) is 4.39 Å². The highest BCUT2D eigenvalue weighted by Crippen LogP contribution is 2.24. The van der Waals surface area contributed by atoms with E-state index in [-0.39, 0.29) is 17.8 Å². The summed E-state index contributed by atoms with van der Waals surface area (Å²) in [7, 11) is 0. The van der Waals surface area contributed by atoms with Gasteiger partial charge in [-0.2, -0.15) is 0 Å². The lowest BCUT2D eigenvalue weighted by Gasteiger charge is -2.35. The molecule has 0 bridgehead atoms. The van der Waals surface area contributed by atoms with Gasteiger partial charge in [-0.1, -0.05) is 0 Å². The van der Waals surface area contributed by atoms with Crippen LogP contribution in [0.1, 0.15) is 29.6 Å². The minimum absolute atomic E-state index is 0.0722. The van der Waals surface area contributed by atoms with Crippen molar-refractivity contribution in [2.75, 3.05) is 13.1 Å². The smallest absolute Gasteiger partial charge is 0.255 e. The quantitative estimate of drug-likeness (QED) is 0.912. The zero-order chi connectivity index (χ0) is 13.1. The largest absolute Gasteiger partial charge is 0.334 e. The summed E-state index contributed by atoms with van der Waals surface area (Å²) in [4.78, 5) is 14.2. The second kappa shape index (κ2) is 5.80. The van der Waals surface area contributed by atoms with Gasteiger partial charge in [-0.05, 0) is 53.4 Å². The van der Waals surface area contributed by atoms with E-state index in [0.717, 1.165) is 25.8 Å². The molecule has 0 spiro atoms. The van der Waals surface area contributed by atoms with E-state index in [1.807, 2.05) is 4.90 Å². The van der Waals surface area contributed by atoms with Crippen molar-refractivity contribution >= 4 is 21.8 Å². The number of rotatable bonds is 2. The normalized spacial score (nSPS) is 19.9. The van der Waals surface area contributed by atoms with Crippen LogP contribution in [0.15, 0.2) is 22.7 Å². The minimum Gasteiger partial charge on any atom is -0.334 e. The summed E-state index contributed by atoms with van der Waals surface area (Å²) < 4.78 is 13.5. The predicted molar refractivity (Wildman–Crippen MR) is 71.8 cm³/mol. The van der Waals surface area contributed by atoms with Gasteiger partial charge in [0.25, 0.3) is 5.91 Å². The zero-order valence-electron chi connectivity index (χ0n) is 10.0. The van der Waals surface area contributed by atoms with Crippen molar-refractivity contribution in [3.63, 3.8) is 0 Å². The Kier molecular flexibility index (Phi) is 4.35. The van der Waals surface area contributed by atoms with E-state index in [1.54, 1.807) is 0 Å². The van der Waals surface area contributed by atoms with Gasteiger partial charge < -0.3 is 10.6 Å². The summed E-state index contributed by atoms with van der Waals surface area (Å²) in [5.74, 6) is -0.426. The van der Waals surface area contributed by atoms with E-state index in [9.17, 15) is 9.18 Å². The average Bonchev–Trinajstić information content (AvgIpc) is 2.38. The maximum atomic E-state index is 13.0.